The van der Waals surface area contributed by atoms with E-state index in [1.54, 1.807) is 6.20 Å². The summed E-state index contributed by atoms with van der Waals surface area (Å²) in [5, 5.41) is 0. The van der Waals surface area contributed by atoms with E-state index in [-0.39, 0.29) is 0 Å². The summed E-state index contributed by atoms with van der Waals surface area (Å²) in [5.74, 6) is 0.763. The lowest BCUT2D eigenvalue weighted by Gasteiger charge is -2.01. The topological polar surface area (TPSA) is 22.1 Å². The molecule has 58 valence electrons. The maximum absolute atomic E-state index is 5.49. The van der Waals surface area contributed by atoms with E-state index in [0.717, 1.165) is 5.88 Å². The fraction of sp³-hybridized carbons (Fsp3) is 0.375. The Morgan fingerprint density at radius 3 is 3.00 bits per heavy atom. The minimum atomic E-state index is 0.445. The molecule has 1 aliphatic carbocycles. The van der Waals surface area contributed by atoms with Crippen LogP contribution in [0, 0.1) is 3.57 Å². The number of hydrogen-bond acceptors (Lipinski definition) is 2. The molecular weight excluding hydrogens is 253 g/mol. The molecular formula is C8H8INO. The zero-order valence-electron chi connectivity index (χ0n) is 5.96. The maximum Gasteiger partial charge on any atom is 0.214 e. The van der Waals surface area contributed by atoms with Gasteiger partial charge in [0, 0.05) is 15.8 Å². The van der Waals surface area contributed by atoms with E-state index < -0.39 is 0 Å². The van der Waals surface area contributed by atoms with Crippen molar-refractivity contribution in [2.45, 2.75) is 18.9 Å². The molecule has 0 aliphatic heterocycles. The molecule has 0 aromatic carbocycles. The van der Waals surface area contributed by atoms with Crippen LogP contribution < -0.4 is 4.74 Å². The van der Waals surface area contributed by atoms with Gasteiger partial charge in [0.05, 0.1) is 0 Å². The van der Waals surface area contributed by atoms with Crippen molar-refractivity contribution in [3.05, 3.63) is 21.9 Å². The molecule has 1 heterocycles. The fourth-order valence-corrected chi connectivity index (χ4v) is 1.23. The number of nitrogens with zero attached hydrogens (tertiary/aromatic N) is 1. The summed E-state index contributed by atoms with van der Waals surface area (Å²) in [5.41, 5.74) is 0. The minimum absolute atomic E-state index is 0.445. The Morgan fingerprint density at radius 1 is 1.55 bits per heavy atom. The van der Waals surface area contributed by atoms with Gasteiger partial charge in [-0.15, -0.1) is 0 Å². The van der Waals surface area contributed by atoms with Crippen molar-refractivity contribution in [3.8, 4) is 5.88 Å². The van der Waals surface area contributed by atoms with Gasteiger partial charge in [-0.25, -0.2) is 4.98 Å². The highest BCUT2D eigenvalue weighted by molar-refractivity contribution is 14.1. The van der Waals surface area contributed by atoms with Crippen molar-refractivity contribution in [3.63, 3.8) is 0 Å². The van der Waals surface area contributed by atoms with Crippen molar-refractivity contribution < 1.29 is 4.74 Å². The largest absolute Gasteiger partial charge is 0.474 e. The van der Waals surface area contributed by atoms with Crippen LogP contribution in [0.3, 0.4) is 0 Å². The van der Waals surface area contributed by atoms with Gasteiger partial charge in [0.2, 0.25) is 5.88 Å². The summed E-state index contributed by atoms with van der Waals surface area (Å²) >= 11 is 2.25. The average Bonchev–Trinajstić information content (AvgIpc) is 2.71. The average molecular weight is 261 g/mol. The molecule has 0 amide bonds. The monoisotopic (exact) mass is 261 g/mol. The Morgan fingerprint density at radius 2 is 2.36 bits per heavy atom. The van der Waals surface area contributed by atoms with E-state index >= 15 is 0 Å². The van der Waals surface area contributed by atoms with Gasteiger partial charge in [-0.3, -0.25) is 0 Å². The highest BCUT2D eigenvalue weighted by Gasteiger charge is 2.23. The second-order valence-electron chi connectivity index (χ2n) is 2.63. The number of halogens is 1. The summed E-state index contributed by atoms with van der Waals surface area (Å²) in [7, 11) is 0. The molecule has 0 radical (unpaired) electrons. The van der Waals surface area contributed by atoms with Crippen LogP contribution in [0.15, 0.2) is 18.3 Å². The molecule has 0 bridgehead atoms. The number of hydrogen-bond donors (Lipinski definition) is 0. The van der Waals surface area contributed by atoms with Crippen molar-refractivity contribution in [2.75, 3.05) is 0 Å². The number of pyridine rings is 1. The number of ether oxygens (including phenoxy) is 1. The van der Waals surface area contributed by atoms with E-state index in [2.05, 4.69) is 27.6 Å². The van der Waals surface area contributed by atoms with Gasteiger partial charge in [0.15, 0.2) is 0 Å². The molecule has 1 fully saturated rings. The van der Waals surface area contributed by atoms with Crippen molar-refractivity contribution >= 4 is 22.6 Å². The minimum Gasteiger partial charge on any atom is -0.474 e. The van der Waals surface area contributed by atoms with Gasteiger partial charge in [0.1, 0.15) is 6.10 Å². The third-order valence-electron chi connectivity index (χ3n) is 1.51. The lowest BCUT2D eigenvalue weighted by atomic mass is 10.5. The first-order valence-corrected chi connectivity index (χ1v) is 4.71. The summed E-state index contributed by atoms with van der Waals surface area (Å²) in [6.45, 7) is 0. The first-order chi connectivity index (χ1) is 5.34. The SMILES string of the molecule is Ic1ccnc(OC2CC2)c1. The second-order valence-corrected chi connectivity index (χ2v) is 3.88. The molecule has 11 heavy (non-hydrogen) atoms. The molecule has 1 saturated carbocycles. The van der Waals surface area contributed by atoms with Crippen LogP contribution >= 0.6 is 22.6 Å². The molecule has 2 nitrogen and oxygen atoms in total. The van der Waals surface area contributed by atoms with Crippen molar-refractivity contribution in [2.24, 2.45) is 0 Å². The zero-order chi connectivity index (χ0) is 7.68. The predicted molar refractivity (Wildman–Crippen MR) is 50.6 cm³/mol. The fourth-order valence-electron chi connectivity index (χ4n) is 0.806. The first-order valence-electron chi connectivity index (χ1n) is 3.63. The predicted octanol–water partition coefficient (Wildman–Crippen LogP) is 2.23. The highest BCUT2D eigenvalue weighted by atomic mass is 127. The van der Waals surface area contributed by atoms with Gasteiger partial charge in [-0.05, 0) is 41.5 Å². The van der Waals surface area contributed by atoms with E-state index in [1.807, 2.05) is 12.1 Å². The van der Waals surface area contributed by atoms with Crippen LogP contribution in [0.1, 0.15) is 12.8 Å². The Bertz CT molecular complexity index is 260. The number of rotatable bonds is 2. The molecule has 3 heteroatoms. The third kappa shape index (κ3) is 2.05. The van der Waals surface area contributed by atoms with Crippen molar-refractivity contribution in [1.82, 2.24) is 4.98 Å². The Kier molecular flexibility index (Phi) is 1.98. The molecule has 1 aromatic heterocycles. The highest BCUT2D eigenvalue weighted by Crippen LogP contribution is 2.25. The van der Waals surface area contributed by atoms with Crippen LogP contribution in [0.2, 0.25) is 0 Å². The van der Waals surface area contributed by atoms with Gasteiger partial charge < -0.3 is 4.74 Å². The van der Waals surface area contributed by atoms with E-state index in [1.165, 1.54) is 16.4 Å². The molecule has 0 N–H and O–H groups in total. The summed E-state index contributed by atoms with van der Waals surface area (Å²) in [6, 6.07) is 3.92. The van der Waals surface area contributed by atoms with Gasteiger partial charge >= 0.3 is 0 Å². The summed E-state index contributed by atoms with van der Waals surface area (Å²) in [4.78, 5) is 4.09. The van der Waals surface area contributed by atoms with Crippen molar-refractivity contribution in [1.29, 1.82) is 0 Å². The molecule has 1 aliphatic rings. The van der Waals surface area contributed by atoms with Gasteiger partial charge in [-0.1, -0.05) is 0 Å². The Labute approximate surface area is 79.1 Å². The van der Waals surface area contributed by atoms with Gasteiger partial charge in [-0.2, -0.15) is 0 Å². The van der Waals surface area contributed by atoms with E-state index in [4.69, 9.17) is 4.74 Å². The molecule has 0 saturated heterocycles. The van der Waals surface area contributed by atoms with Crippen LogP contribution in [0.25, 0.3) is 0 Å². The lowest BCUT2D eigenvalue weighted by Crippen LogP contribution is -1.97. The Hall–Kier alpha value is -0.320. The standard InChI is InChI=1S/C8H8INO/c9-6-3-4-10-8(5-6)11-7-1-2-7/h3-5,7H,1-2H2. The Balaban J connectivity index is 2.10. The van der Waals surface area contributed by atoms with Crippen LogP contribution in [0.5, 0.6) is 5.88 Å². The quantitative estimate of drug-likeness (QED) is 0.761. The zero-order valence-corrected chi connectivity index (χ0v) is 8.11. The molecule has 2 rings (SSSR count). The molecule has 0 spiro atoms. The lowest BCUT2D eigenvalue weighted by molar-refractivity contribution is 0.291. The van der Waals surface area contributed by atoms with Crippen LogP contribution in [-0.2, 0) is 0 Å². The summed E-state index contributed by atoms with van der Waals surface area (Å²) < 4.78 is 6.66. The maximum atomic E-state index is 5.49. The number of aromatic nitrogens is 1. The van der Waals surface area contributed by atoms with E-state index in [9.17, 15) is 0 Å². The molecule has 0 atom stereocenters. The first kappa shape index (κ1) is 7.34. The normalized spacial score (nSPS) is 16.5. The molecule has 0 unspecified atom stereocenters. The van der Waals surface area contributed by atoms with Crippen LogP contribution in [-0.4, -0.2) is 11.1 Å². The second kappa shape index (κ2) is 2.97. The molecule has 1 aromatic rings. The van der Waals surface area contributed by atoms with Gasteiger partial charge in [0.25, 0.3) is 0 Å². The third-order valence-corrected chi connectivity index (χ3v) is 2.18. The summed E-state index contributed by atoms with van der Waals surface area (Å²) in [6.07, 6.45) is 4.60. The smallest absolute Gasteiger partial charge is 0.214 e. The van der Waals surface area contributed by atoms with E-state index in [0.29, 0.717) is 6.10 Å². The van der Waals surface area contributed by atoms with Crippen LogP contribution in [0.4, 0.5) is 0 Å².